The summed E-state index contributed by atoms with van der Waals surface area (Å²) in [5.41, 5.74) is 5.88. The fourth-order valence-electron chi connectivity index (χ4n) is 2.49. The van der Waals surface area contributed by atoms with Crippen molar-refractivity contribution in [3.63, 3.8) is 0 Å². The minimum absolute atomic E-state index is 0.0593. The summed E-state index contributed by atoms with van der Waals surface area (Å²) in [6.45, 7) is 2.62. The number of likely N-dealkylation sites (tertiary alicyclic amines) is 1. The van der Waals surface area contributed by atoms with Gasteiger partial charge in [0.1, 0.15) is 0 Å². The summed E-state index contributed by atoms with van der Waals surface area (Å²) in [5, 5.41) is 3.30. The number of nitrogens with zero attached hydrogens (tertiary/aromatic N) is 1. The molecule has 2 aliphatic heterocycles. The Bertz CT molecular complexity index is 226. The van der Waals surface area contributed by atoms with Crippen LogP contribution in [0.5, 0.6) is 0 Å². The van der Waals surface area contributed by atoms with Gasteiger partial charge >= 0.3 is 0 Å². The van der Waals surface area contributed by atoms with Crippen LogP contribution in [0.3, 0.4) is 0 Å². The molecule has 2 aliphatic rings. The van der Waals surface area contributed by atoms with E-state index in [9.17, 15) is 4.79 Å². The minimum atomic E-state index is 0.0593. The van der Waals surface area contributed by atoms with Crippen molar-refractivity contribution in [1.29, 1.82) is 0 Å². The molecule has 4 heteroatoms. The molecule has 2 fully saturated rings. The van der Waals surface area contributed by atoms with Crippen molar-refractivity contribution < 1.29 is 4.79 Å². The standard InChI is InChI=1S/C11H21N3O/c12-9-4-3-7-14(8-9)11(15)10-5-1-2-6-13-10/h9-10,13H,1-8,12H2. The van der Waals surface area contributed by atoms with Crippen molar-refractivity contribution in [2.24, 2.45) is 5.73 Å². The lowest BCUT2D eigenvalue weighted by molar-refractivity contribution is -0.135. The predicted octanol–water partition coefficient (Wildman–Crippen LogP) is 0.0782. The van der Waals surface area contributed by atoms with Crippen LogP contribution in [0.15, 0.2) is 0 Å². The monoisotopic (exact) mass is 211 g/mol. The van der Waals surface area contributed by atoms with E-state index in [1.54, 1.807) is 0 Å². The van der Waals surface area contributed by atoms with Crippen LogP contribution in [-0.2, 0) is 4.79 Å². The maximum atomic E-state index is 12.1. The van der Waals surface area contributed by atoms with Crippen LogP contribution in [-0.4, -0.2) is 42.5 Å². The molecule has 0 spiro atoms. The number of amides is 1. The molecule has 86 valence electrons. The van der Waals surface area contributed by atoms with E-state index in [1.807, 2.05) is 4.90 Å². The molecule has 2 saturated heterocycles. The Morgan fingerprint density at radius 2 is 2.13 bits per heavy atom. The number of nitrogens with two attached hydrogens (primary N) is 1. The molecule has 3 N–H and O–H groups in total. The molecule has 2 rings (SSSR count). The van der Waals surface area contributed by atoms with Crippen LogP contribution in [0.2, 0.25) is 0 Å². The number of carbonyl (C=O) groups is 1. The second-order valence-electron chi connectivity index (χ2n) is 4.69. The summed E-state index contributed by atoms with van der Waals surface area (Å²) in [6.07, 6.45) is 5.47. The van der Waals surface area contributed by atoms with Gasteiger partial charge in [-0.15, -0.1) is 0 Å². The van der Waals surface area contributed by atoms with Crippen molar-refractivity contribution in [3.05, 3.63) is 0 Å². The lowest BCUT2D eigenvalue weighted by Gasteiger charge is -2.34. The zero-order valence-electron chi connectivity index (χ0n) is 9.24. The summed E-state index contributed by atoms with van der Waals surface area (Å²) in [7, 11) is 0. The van der Waals surface area contributed by atoms with Gasteiger partial charge in [-0.05, 0) is 32.2 Å². The predicted molar refractivity (Wildman–Crippen MR) is 59.4 cm³/mol. The minimum Gasteiger partial charge on any atom is -0.340 e. The Balaban J connectivity index is 1.88. The molecule has 1 amide bonds. The van der Waals surface area contributed by atoms with Gasteiger partial charge in [0.2, 0.25) is 5.91 Å². The normalized spacial score (nSPS) is 32.7. The first-order valence-electron chi connectivity index (χ1n) is 6.05. The topological polar surface area (TPSA) is 58.4 Å². The van der Waals surface area contributed by atoms with Gasteiger partial charge in [0, 0.05) is 19.1 Å². The van der Waals surface area contributed by atoms with Gasteiger partial charge in [0.05, 0.1) is 6.04 Å². The average molecular weight is 211 g/mol. The van der Waals surface area contributed by atoms with E-state index in [1.165, 1.54) is 12.8 Å². The molecule has 0 aromatic carbocycles. The molecule has 2 heterocycles. The van der Waals surface area contributed by atoms with E-state index < -0.39 is 0 Å². The highest BCUT2D eigenvalue weighted by Crippen LogP contribution is 2.14. The van der Waals surface area contributed by atoms with Crippen LogP contribution in [0, 0.1) is 0 Å². The summed E-state index contributed by atoms with van der Waals surface area (Å²) in [6, 6.07) is 0.246. The van der Waals surface area contributed by atoms with Gasteiger partial charge in [0.25, 0.3) is 0 Å². The van der Waals surface area contributed by atoms with E-state index in [2.05, 4.69) is 5.32 Å². The van der Waals surface area contributed by atoms with E-state index in [4.69, 9.17) is 5.73 Å². The maximum absolute atomic E-state index is 12.1. The molecule has 0 saturated carbocycles. The fourth-order valence-corrected chi connectivity index (χ4v) is 2.49. The molecular formula is C11H21N3O. The number of nitrogens with one attached hydrogen (secondary N) is 1. The second kappa shape index (κ2) is 4.94. The summed E-state index contributed by atoms with van der Waals surface area (Å²) >= 11 is 0. The molecule has 2 unspecified atom stereocenters. The number of hydrogen-bond donors (Lipinski definition) is 2. The van der Waals surface area contributed by atoms with E-state index >= 15 is 0 Å². The van der Waals surface area contributed by atoms with Crippen LogP contribution < -0.4 is 11.1 Å². The molecule has 0 bridgehead atoms. The van der Waals surface area contributed by atoms with E-state index in [0.29, 0.717) is 0 Å². The summed E-state index contributed by atoms with van der Waals surface area (Å²) < 4.78 is 0. The number of hydrogen-bond acceptors (Lipinski definition) is 3. The molecular weight excluding hydrogens is 190 g/mol. The zero-order chi connectivity index (χ0) is 10.7. The van der Waals surface area contributed by atoms with Gasteiger partial charge in [0.15, 0.2) is 0 Å². The van der Waals surface area contributed by atoms with E-state index in [-0.39, 0.29) is 18.0 Å². The highest BCUT2D eigenvalue weighted by Gasteiger charge is 2.28. The third kappa shape index (κ3) is 2.69. The first-order chi connectivity index (χ1) is 7.27. The zero-order valence-corrected chi connectivity index (χ0v) is 9.24. The Morgan fingerprint density at radius 1 is 1.27 bits per heavy atom. The Morgan fingerprint density at radius 3 is 2.80 bits per heavy atom. The fraction of sp³-hybridized carbons (Fsp3) is 0.909. The van der Waals surface area contributed by atoms with Gasteiger partial charge in [-0.3, -0.25) is 4.79 Å². The van der Waals surface area contributed by atoms with Crippen molar-refractivity contribution in [2.45, 2.75) is 44.2 Å². The average Bonchev–Trinajstić information content (AvgIpc) is 2.29. The lowest BCUT2D eigenvalue weighted by Crippen LogP contribution is -2.53. The van der Waals surface area contributed by atoms with Crippen LogP contribution in [0.4, 0.5) is 0 Å². The van der Waals surface area contributed by atoms with E-state index in [0.717, 1.165) is 38.9 Å². The largest absolute Gasteiger partial charge is 0.340 e. The van der Waals surface area contributed by atoms with Crippen LogP contribution in [0.1, 0.15) is 32.1 Å². The third-order valence-electron chi connectivity index (χ3n) is 3.38. The first kappa shape index (κ1) is 10.9. The second-order valence-corrected chi connectivity index (χ2v) is 4.69. The number of carbonyl (C=O) groups excluding carboxylic acids is 1. The van der Waals surface area contributed by atoms with Gasteiger partial charge < -0.3 is 16.0 Å². The first-order valence-corrected chi connectivity index (χ1v) is 6.05. The Labute approximate surface area is 91.2 Å². The highest BCUT2D eigenvalue weighted by molar-refractivity contribution is 5.82. The van der Waals surface area contributed by atoms with Crippen molar-refractivity contribution in [1.82, 2.24) is 10.2 Å². The van der Waals surface area contributed by atoms with Gasteiger partial charge in [-0.1, -0.05) is 6.42 Å². The molecule has 4 nitrogen and oxygen atoms in total. The van der Waals surface area contributed by atoms with Crippen molar-refractivity contribution in [2.75, 3.05) is 19.6 Å². The van der Waals surface area contributed by atoms with Gasteiger partial charge in [-0.25, -0.2) is 0 Å². The number of rotatable bonds is 1. The summed E-state index contributed by atoms with van der Waals surface area (Å²) in [5.74, 6) is 0.268. The molecule has 15 heavy (non-hydrogen) atoms. The van der Waals surface area contributed by atoms with Crippen molar-refractivity contribution in [3.8, 4) is 0 Å². The summed E-state index contributed by atoms with van der Waals surface area (Å²) in [4.78, 5) is 14.0. The Kier molecular flexibility index (Phi) is 3.59. The molecule has 2 atom stereocenters. The third-order valence-corrected chi connectivity index (χ3v) is 3.38. The SMILES string of the molecule is NC1CCCN(C(=O)C2CCCCN2)C1. The molecule has 0 radical (unpaired) electrons. The highest BCUT2D eigenvalue weighted by atomic mass is 16.2. The van der Waals surface area contributed by atoms with Gasteiger partial charge in [-0.2, -0.15) is 0 Å². The molecule has 0 aromatic rings. The maximum Gasteiger partial charge on any atom is 0.239 e. The van der Waals surface area contributed by atoms with Crippen LogP contribution in [0.25, 0.3) is 0 Å². The smallest absolute Gasteiger partial charge is 0.239 e. The Hall–Kier alpha value is -0.610. The quantitative estimate of drug-likeness (QED) is 0.645. The molecule has 0 aliphatic carbocycles. The lowest BCUT2D eigenvalue weighted by atomic mass is 10.0. The van der Waals surface area contributed by atoms with Crippen LogP contribution >= 0.6 is 0 Å². The number of piperidine rings is 2. The molecule has 0 aromatic heterocycles. The van der Waals surface area contributed by atoms with Crippen molar-refractivity contribution >= 4 is 5.91 Å².